The first kappa shape index (κ1) is 18.0. The van der Waals surface area contributed by atoms with Crippen molar-refractivity contribution in [3.8, 4) is 17.2 Å². The maximum absolute atomic E-state index is 5.77. The van der Waals surface area contributed by atoms with Gasteiger partial charge in [0.1, 0.15) is 11.5 Å². The molecule has 0 aliphatic carbocycles. The third kappa shape index (κ3) is 5.10. The molecule has 2 aromatic carbocycles. The van der Waals surface area contributed by atoms with E-state index in [4.69, 9.17) is 9.47 Å². The molecule has 0 radical (unpaired) electrons. The predicted octanol–water partition coefficient (Wildman–Crippen LogP) is 3.78. The molecular formula is C21H25N3O2. The average Bonchev–Trinajstić information content (AvgIpc) is 3.15. The third-order valence-electron chi connectivity index (χ3n) is 4.12. The van der Waals surface area contributed by atoms with Gasteiger partial charge in [0.25, 0.3) is 0 Å². The average molecular weight is 351 g/mol. The Bertz CT molecular complexity index is 785. The van der Waals surface area contributed by atoms with Crippen molar-refractivity contribution in [2.75, 3.05) is 27.3 Å². The minimum atomic E-state index is 0.694. The molecule has 0 unspecified atom stereocenters. The highest BCUT2D eigenvalue weighted by molar-refractivity contribution is 5.31. The van der Waals surface area contributed by atoms with Gasteiger partial charge < -0.3 is 14.4 Å². The van der Waals surface area contributed by atoms with E-state index in [1.54, 1.807) is 7.11 Å². The second-order valence-electron chi connectivity index (χ2n) is 6.24. The summed E-state index contributed by atoms with van der Waals surface area (Å²) in [6, 6.07) is 17.8. The van der Waals surface area contributed by atoms with Gasteiger partial charge in [0.05, 0.1) is 25.6 Å². The second-order valence-corrected chi connectivity index (χ2v) is 6.24. The highest BCUT2D eigenvalue weighted by atomic mass is 16.5. The Kier molecular flexibility index (Phi) is 6.28. The van der Waals surface area contributed by atoms with Crippen LogP contribution < -0.4 is 9.47 Å². The van der Waals surface area contributed by atoms with Crippen molar-refractivity contribution in [1.82, 2.24) is 14.7 Å². The van der Waals surface area contributed by atoms with E-state index in [0.717, 1.165) is 36.7 Å². The van der Waals surface area contributed by atoms with Crippen LogP contribution in [0, 0.1) is 0 Å². The number of para-hydroxylation sites is 1. The molecule has 3 rings (SSSR count). The second kappa shape index (κ2) is 9.06. The van der Waals surface area contributed by atoms with Gasteiger partial charge in [0.2, 0.25) is 0 Å². The molecule has 0 aliphatic heterocycles. The Balaban J connectivity index is 1.40. The smallest absolute Gasteiger partial charge is 0.119 e. The molecule has 26 heavy (non-hydrogen) atoms. The zero-order chi connectivity index (χ0) is 18.2. The zero-order valence-corrected chi connectivity index (χ0v) is 15.3. The zero-order valence-electron chi connectivity index (χ0n) is 15.3. The standard InChI is InChI=1S/C21H25N3O2/c1-23(13-6-14-26-21-11-9-20(25-2)10-12-21)16-18-15-22-24(17-18)19-7-4-3-5-8-19/h3-5,7-12,15,17H,6,13-14,16H2,1-2H3. The van der Waals surface area contributed by atoms with Crippen LogP contribution in [0.3, 0.4) is 0 Å². The molecule has 0 atom stereocenters. The summed E-state index contributed by atoms with van der Waals surface area (Å²) in [7, 11) is 3.78. The minimum absolute atomic E-state index is 0.694. The number of methoxy groups -OCH3 is 1. The molecule has 0 aliphatic rings. The first-order valence-corrected chi connectivity index (χ1v) is 8.79. The van der Waals surface area contributed by atoms with Gasteiger partial charge in [-0.1, -0.05) is 18.2 Å². The van der Waals surface area contributed by atoms with Gasteiger partial charge in [-0.25, -0.2) is 4.68 Å². The molecule has 0 saturated heterocycles. The van der Waals surface area contributed by atoms with Crippen LogP contribution in [-0.2, 0) is 6.54 Å². The summed E-state index contributed by atoms with van der Waals surface area (Å²) in [5, 5.41) is 4.44. The van der Waals surface area contributed by atoms with Crippen molar-refractivity contribution in [3.05, 3.63) is 72.6 Å². The molecule has 0 spiro atoms. The van der Waals surface area contributed by atoms with Gasteiger partial charge in [-0.05, 0) is 49.9 Å². The van der Waals surface area contributed by atoms with Crippen LogP contribution in [0.4, 0.5) is 0 Å². The fourth-order valence-corrected chi connectivity index (χ4v) is 2.75. The van der Waals surface area contributed by atoms with Crippen molar-refractivity contribution in [2.24, 2.45) is 0 Å². The highest BCUT2D eigenvalue weighted by Gasteiger charge is 2.05. The Labute approximate surface area is 154 Å². The predicted molar refractivity (Wildman–Crippen MR) is 103 cm³/mol. The summed E-state index contributed by atoms with van der Waals surface area (Å²) >= 11 is 0. The summed E-state index contributed by atoms with van der Waals surface area (Å²) in [4.78, 5) is 2.28. The lowest BCUT2D eigenvalue weighted by Crippen LogP contribution is -2.20. The third-order valence-corrected chi connectivity index (χ3v) is 4.12. The van der Waals surface area contributed by atoms with Crippen molar-refractivity contribution < 1.29 is 9.47 Å². The molecular weight excluding hydrogens is 326 g/mol. The Morgan fingerprint density at radius 2 is 1.73 bits per heavy atom. The van der Waals surface area contributed by atoms with Crippen LogP contribution in [0.2, 0.25) is 0 Å². The Morgan fingerprint density at radius 3 is 2.46 bits per heavy atom. The fraction of sp³-hybridized carbons (Fsp3) is 0.286. The summed E-state index contributed by atoms with van der Waals surface area (Å²) < 4.78 is 12.8. The molecule has 5 nitrogen and oxygen atoms in total. The summed E-state index contributed by atoms with van der Waals surface area (Å²) in [5.74, 6) is 1.71. The van der Waals surface area contributed by atoms with Crippen molar-refractivity contribution in [1.29, 1.82) is 0 Å². The SMILES string of the molecule is COc1ccc(OCCCN(C)Cc2cnn(-c3ccccc3)c2)cc1. The lowest BCUT2D eigenvalue weighted by atomic mass is 10.3. The monoisotopic (exact) mass is 351 g/mol. The molecule has 0 saturated carbocycles. The van der Waals surface area contributed by atoms with Crippen LogP contribution in [0.5, 0.6) is 11.5 Å². The molecule has 3 aromatic rings. The van der Waals surface area contributed by atoms with Crippen molar-refractivity contribution in [2.45, 2.75) is 13.0 Å². The number of aromatic nitrogens is 2. The van der Waals surface area contributed by atoms with Crippen molar-refractivity contribution >= 4 is 0 Å². The number of hydrogen-bond donors (Lipinski definition) is 0. The van der Waals surface area contributed by atoms with Gasteiger partial charge in [0.15, 0.2) is 0 Å². The maximum atomic E-state index is 5.77. The highest BCUT2D eigenvalue weighted by Crippen LogP contribution is 2.17. The van der Waals surface area contributed by atoms with Gasteiger partial charge in [-0.2, -0.15) is 5.10 Å². The molecule has 0 amide bonds. The van der Waals surface area contributed by atoms with Gasteiger partial charge in [-0.15, -0.1) is 0 Å². The molecule has 136 valence electrons. The minimum Gasteiger partial charge on any atom is -0.497 e. The van der Waals surface area contributed by atoms with E-state index in [-0.39, 0.29) is 0 Å². The summed E-state index contributed by atoms with van der Waals surface area (Å²) in [5.41, 5.74) is 2.28. The molecule has 5 heteroatoms. The van der Waals surface area contributed by atoms with Gasteiger partial charge in [0, 0.05) is 24.8 Å². The van der Waals surface area contributed by atoms with Crippen LogP contribution in [-0.4, -0.2) is 42.0 Å². The first-order valence-electron chi connectivity index (χ1n) is 8.79. The first-order chi connectivity index (χ1) is 12.7. The number of benzene rings is 2. The Morgan fingerprint density at radius 1 is 1.00 bits per heavy atom. The number of rotatable bonds is 9. The molecule has 1 aromatic heterocycles. The Hall–Kier alpha value is -2.79. The van der Waals surface area contributed by atoms with Crippen LogP contribution in [0.15, 0.2) is 67.0 Å². The van der Waals surface area contributed by atoms with E-state index in [1.165, 1.54) is 5.56 Å². The normalized spacial score (nSPS) is 10.9. The van der Waals surface area contributed by atoms with E-state index in [2.05, 4.69) is 35.4 Å². The molecule has 0 fully saturated rings. The van der Waals surface area contributed by atoms with Gasteiger partial charge >= 0.3 is 0 Å². The fourth-order valence-electron chi connectivity index (χ4n) is 2.75. The van der Waals surface area contributed by atoms with Crippen LogP contribution in [0.25, 0.3) is 5.69 Å². The maximum Gasteiger partial charge on any atom is 0.119 e. The topological polar surface area (TPSA) is 39.5 Å². The number of nitrogens with zero attached hydrogens (tertiary/aromatic N) is 3. The van der Waals surface area contributed by atoms with Crippen LogP contribution in [0.1, 0.15) is 12.0 Å². The van der Waals surface area contributed by atoms with E-state index in [1.807, 2.05) is 53.3 Å². The summed E-state index contributed by atoms with van der Waals surface area (Å²) in [6.45, 7) is 2.53. The van der Waals surface area contributed by atoms with E-state index in [9.17, 15) is 0 Å². The van der Waals surface area contributed by atoms with E-state index in [0.29, 0.717) is 6.61 Å². The lowest BCUT2D eigenvalue weighted by Gasteiger charge is -2.15. The van der Waals surface area contributed by atoms with Gasteiger partial charge in [-0.3, -0.25) is 0 Å². The molecule has 1 heterocycles. The van der Waals surface area contributed by atoms with Crippen molar-refractivity contribution in [3.63, 3.8) is 0 Å². The molecule has 0 bridgehead atoms. The number of hydrogen-bond acceptors (Lipinski definition) is 4. The number of ether oxygens (including phenoxy) is 2. The quantitative estimate of drug-likeness (QED) is 0.550. The van der Waals surface area contributed by atoms with E-state index >= 15 is 0 Å². The van der Waals surface area contributed by atoms with E-state index < -0.39 is 0 Å². The lowest BCUT2D eigenvalue weighted by molar-refractivity contribution is 0.258. The largest absolute Gasteiger partial charge is 0.497 e. The molecule has 0 N–H and O–H groups in total. The van der Waals surface area contributed by atoms with Crippen LogP contribution >= 0.6 is 0 Å². The summed E-state index contributed by atoms with van der Waals surface area (Å²) in [6.07, 6.45) is 4.98.